The van der Waals surface area contributed by atoms with Crippen molar-refractivity contribution in [3.63, 3.8) is 0 Å². The Hall–Kier alpha value is -3.21. The summed E-state index contributed by atoms with van der Waals surface area (Å²) in [5.41, 5.74) is 7.07. The monoisotopic (exact) mass is 428 g/mol. The van der Waals surface area contributed by atoms with Gasteiger partial charge < -0.3 is 15.5 Å². The molecule has 2 aromatic heterocycles. The van der Waals surface area contributed by atoms with E-state index in [2.05, 4.69) is 14.7 Å². The summed E-state index contributed by atoms with van der Waals surface area (Å²) in [5, 5.41) is 1.90. The summed E-state index contributed by atoms with van der Waals surface area (Å²) < 4.78 is 32.4. The third-order valence-electron chi connectivity index (χ3n) is 4.13. The molecule has 0 atom stereocenters. The number of hydrogen-bond acceptors (Lipinski definition) is 6. The molecule has 2 aromatic carbocycles. The van der Waals surface area contributed by atoms with Crippen LogP contribution in [0.1, 0.15) is 4.88 Å². The number of fused-ring (bicyclic) bond motifs is 1. The first-order chi connectivity index (χ1) is 13.9. The standard InChI is InChI=1S/C19H16N4O4S2/c20-19(24)27-13-5-8-16-17(10-13)23-18(22-16)12-3-6-15(7-4-12)29(25,26)21-11-14-2-1-9-28-14/h1-10,21H,11H2,(H2,20,24)(H,22,23). The number of H-pyrrole nitrogens is 1. The number of sulfonamides is 1. The SMILES string of the molecule is NC(=O)Oc1ccc2nc(-c3ccc(S(=O)(=O)NCc4cccs4)cc3)[nH]c2c1. The van der Waals surface area contributed by atoms with E-state index in [9.17, 15) is 13.2 Å². The van der Waals surface area contributed by atoms with Crippen LogP contribution >= 0.6 is 11.3 Å². The molecular formula is C19H16N4O4S2. The van der Waals surface area contributed by atoms with Gasteiger partial charge in [0.15, 0.2) is 0 Å². The zero-order chi connectivity index (χ0) is 20.4. The molecule has 0 aliphatic heterocycles. The highest BCUT2D eigenvalue weighted by Crippen LogP contribution is 2.25. The molecular weight excluding hydrogens is 412 g/mol. The second-order valence-corrected chi connectivity index (χ2v) is 8.91. The number of nitrogens with one attached hydrogen (secondary N) is 2. The summed E-state index contributed by atoms with van der Waals surface area (Å²) in [7, 11) is -3.61. The van der Waals surface area contributed by atoms with E-state index >= 15 is 0 Å². The van der Waals surface area contributed by atoms with Crippen LogP contribution in [-0.4, -0.2) is 24.5 Å². The highest BCUT2D eigenvalue weighted by Gasteiger charge is 2.15. The Labute approximate surface area is 170 Å². The van der Waals surface area contributed by atoms with E-state index in [-0.39, 0.29) is 11.4 Å². The van der Waals surface area contributed by atoms with Crippen molar-refractivity contribution in [2.75, 3.05) is 0 Å². The molecule has 0 bridgehead atoms. The highest BCUT2D eigenvalue weighted by molar-refractivity contribution is 7.89. The maximum atomic E-state index is 12.5. The second kappa shape index (κ2) is 7.66. The van der Waals surface area contributed by atoms with Crippen molar-refractivity contribution in [2.24, 2.45) is 5.73 Å². The van der Waals surface area contributed by atoms with Crippen molar-refractivity contribution in [3.05, 3.63) is 64.9 Å². The summed E-state index contributed by atoms with van der Waals surface area (Å²) in [6.07, 6.45) is -0.895. The molecule has 0 aliphatic carbocycles. The van der Waals surface area contributed by atoms with Crippen LogP contribution < -0.4 is 15.2 Å². The van der Waals surface area contributed by atoms with Gasteiger partial charge in [0.25, 0.3) is 0 Å². The van der Waals surface area contributed by atoms with E-state index in [1.807, 2.05) is 17.5 Å². The first kappa shape index (κ1) is 19.1. The molecule has 10 heteroatoms. The number of carbonyl (C=O) groups is 1. The minimum atomic E-state index is -3.61. The predicted octanol–water partition coefficient (Wildman–Crippen LogP) is 3.23. The number of ether oxygens (including phenoxy) is 1. The van der Waals surface area contributed by atoms with E-state index in [1.54, 1.807) is 30.3 Å². The zero-order valence-electron chi connectivity index (χ0n) is 15.0. The van der Waals surface area contributed by atoms with Crippen molar-refractivity contribution >= 4 is 38.5 Å². The number of aromatic nitrogens is 2. The Balaban J connectivity index is 1.54. The second-order valence-electron chi connectivity index (χ2n) is 6.11. The molecule has 0 saturated heterocycles. The van der Waals surface area contributed by atoms with Gasteiger partial charge in [-0.15, -0.1) is 11.3 Å². The van der Waals surface area contributed by atoms with Crippen LogP contribution in [0.25, 0.3) is 22.4 Å². The quantitative estimate of drug-likeness (QED) is 0.434. The van der Waals surface area contributed by atoms with Gasteiger partial charge in [0.2, 0.25) is 10.0 Å². The summed E-state index contributed by atoms with van der Waals surface area (Å²) in [6.45, 7) is 0.251. The van der Waals surface area contributed by atoms with Crippen LogP contribution in [0.4, 0.5) is 4.79 Å². The Morgan fingerprint density at radius 3 is 2.66 bits per heavy atom. The molecule has 0 saturated carbocycles. The van der Waals surface area contributed by atoms with Crippen molar-refractivity contribution in [1.29, 1.82) is 0 Å². The van der Waals surface area contributed by atoms with Crippen LogP contribution in [-0.2, 0) is 16.6 Å². The van der Waals surface area contributed by atoms with E-state index in [1.165, 1.54) is 23.5 Å². The fourth-order valence-corrected chi connectivity index (χ4v) is 4.50. The van der Waals surface area contributed by atoms with Gasteiger partial charge in [0.1, 0.15) is 11.6 Å². The van der Waals surface area contributed by atoms with Gasteiger partial charge in [0.05, 0.1) is 15.9 Å². The lowest BCUT2D eigenvalue weighted by Crippen LogP contribution is -2.22. The molecule has 148 valence electrons. The van der Waals surface area contributed by atoms with Crippen molar-refractivity contribution in [3.8, 4) is 17.1 Å². The Morgan fingerprint density at radius 2 is 1.97 bits per heavy atom. The van der Waals surface area contributed by atoms with E-state index in [4.69, 9.17) is 10.5 Å². The molecule has 0 aliphatic rings. The number of benzene rings is 2. The summed E-state index contributed by atoms with van der Waals surface area (Å²) >= 11 is 1.49. The molecule has 4 N–H and O–H groups in total. The van der Waals surface area contributed by atoms with Crippen molar-refractivity contribution in [2.45, 2.75) is 11.4 Å². The molecule has 29 heavy (non-hydrogen) atoms. The largest absolute Gasteiger partial charge is 0.410 e. The van der Waals surface area contributed by atoms with E-state index in [0.29, 0.717) is 22.6 Å². The number of thiophene rings is 1. The lowest BCUT2D eigenvalue weighted by Gasteiger charge is -2.06. The maximum absolute atomic E-state index is 12.5. The Bertz CT molecular complexity index is 1260. The summed E-state index contributed by atoms with van der Waals surface area (Å²) in [6, 6.07) is 15.1. The average Bonchev–Trinajstić information content (AvgIpc) is 3.35. The minimum absolute atomic E-state index is 0.172. The number of amides is 1. The third-order valence-corrected chi connectivity index (χ3v) is 6.42. The number of imidazole rings is 1. The van der Waals surface area contributed by atoms with Gasteiger partial charge in [-0.1, -0.05) is 6.07 Å². The van der Waals surface area contributed by atoms with E-state index in [0.717, 1.165) is 10.4 Å². The number of primary amides is 1. The van der Waals surface area contributed by atoms with Gasteiger partial charge in [-0.25, -0.2) is 22.9 Å². The molecule has 1 amide bonds. The average molecular weight is 428 g/mol. The summed E-state index contributed by atoms with van der Waals surface area (Å²) in [5.74, 6) is 0.866. The number of aromatic amines is 1. The normalized spacial score (nSPS) is 11.6. The number of carbonyl (C=O) groups excluding carboxylic acids is 1. The lowest BCUT2D eigenvalue weighted by molar-refractivity contribution is 0.211. The number of nitrogens with zero attached hydrogens (tertiary/aromatic N) is 1. The smallest absolute Gasteiger partial charge is 0.409 e. The van der Waals surface area contributed by atoms with Gasteiger partial charge in [0, 0.05) is 23.1 Å². The zero-order valence-corrected chi connectivity index (χ0v) is 16.6. The van der Waals surface area contributed by atoms with E-state index < -0.39 is 16.1 Å². The first-order valence-electron chi connectivity index (χ1n) is 8.50. The third kappa shape index (κ3) is 4.29. The topological polar surface area (TPSA) is 127 Å². The first-order valence-corrected chi connectivity index (χ1v) is 10.9. The van der Waals surface area contributed by atoms with Crippen LogP contribution in [0, 0.1) is 0 Å². The molecule has 0 spiro atoms. The molecule has 8 nitrogen and oxygen atoms in total. The number of nitrogens with two attached hydrogens (primary N) is 1. The molecule has 0 radical (unpaired) electrons. The van der Waals surface area contributed by atoms with Crippen LogP contribution in [0.5, 0.6) is 5.75 Å². The van der Waals surface area contributed by atoms with Crippen LogP contribution in [0.2, 0.25) is 0 Å². The maximum Gasteiger partial charge on any atom is 0.409 e. The van der Waals surface area contributed by atoms with Crippen LogP contribution in [0.15, 0.2) is 64.9 Å². The molecule has 0 unspecified atom stereocenters. The van der Waals surface area contributed by atoms with Crippen molar-refractivity contribution in [1.82, 2.24) is 14.7 Å². The molecule has 4 rings (SSSR count). The Kier molecular flexibility index (Phi) is 5.05. The fourth-order valence-electron chi connectivity index (χ4n) is 2.76. The fraction of sp³-hybridized carbons (Fsp3) is 0.0526. The number of rotatable bonds is 6. The van der Waals surface area contributed by atoms with Gasteiger partial charge >= 0.3 is 6.09 Å². The molecule has 4 aromatic rings. The van der Waals surface area contributed by atoms with Gasteiger partial charge in [-0.2, -0.15) is 0 Å². The Morgan fingerprint density at radius 1 is 1.17 bits per heavy atom. The molecule has 0 fully saturated rings. The van der Waals surface area contributed by atoms with Crippen molar-refractivity contribution < 1.29 is 17.9 Å². The predicted molar refractivity (Wildman–Crippen MR) is 110 cm³/mol. The molecule has 2 heterocycles. The summed E-state index contributed by atoms with van der Waals surface area (Å²) in [4.78, 5) is 19.6. The minimum Gasteiger partial charge on any atom is -0.410 e. The van der Waals surface area contributed by atoms with Crippen LogP contribution in [0.3, 0.4) is 0 Å². The van der Waals surface area contributed by atoms with Gasteiger partial charge in [-0.05, 0) is 47.8 Å². The lowest BCUT2D eigenvalue weighted by atomic mass is 10.2. The van der Waals surface area contributed by atoms with Gasteiger partial charge in [-0.3, -0.25) is 0 Å². The highest BCUT2D eigenvalue weighted by atomic mass is 32.2. The number of hydrogen-bond donors (Lipinski definition) is 3.